The molecule has 0 rings (SSSR count). The maximum atomic E-state index is 13.1. The third-order valence-electron chi connectivity index (χ3n) is 18.8. The van der Waals surface area contributed by atoms with E-state index in [-0.39, 0.29) is 25.7 Å². The second-order valence-corrected chi connectivity index (χ2v) is 32.1. The first-order valence-corrected chi connectivity index (χ1v) is 44.0. The smallest absolute Gasteiger partial charge is 0.462 e. The lowest BCUT2D eigenvalue weighted by Gasteiger charge is -2.21. The maximum absolute atomic E-state index is 13.1. The standard InChI is InChI=1S/C79H154O17P2/c1-7-10-12-14-16-18-20-22-23-24-25-26-27-28-29-30-31-35-40-44-52-58-64-79(84)95-74(67-89-76(81)61-55-49-42-38-36-32-33-37-41-47-53-59-71(4)5)69-93-97(85,86)91-65-73(80)66-92-98(87,88)94-70-75(68-90-77(82)62-56-50-46-45-48-54-60-72(6)9-3)96-78(83)63-57-51-43-39-34-21-19-17-15-13-11-8-2/h71-75,80H,7-70H2,1-6H3,(H,85,86)(H,87,88)/t72?,73-,74-,75-/m1/s1. The van der Waals surface area contributed by atoms with Crippen LogP contribution in [0.3, 0.4) is 0 Å². The predicted octanol–water partition coefficient (Wildman–Crippen LogP) is 23.5. The Hall–Kier alpha value is -1.94. The molecule has 0 saturated carbocycles. The Morgan fingerprint density at radius 3 is 0.776 bits per heavy atom. The highest BCUT2D eigenvalue weighted by Gasteiger charge is 2.30. The van der Waals surface area contributed by atoms with Crippen molar-refractivity contribution in [1.29, 1.82) is 0 Å². The molecule has 98 heavy (non-hydrogen) atoms. The number of phosphoric ester groups is 2. The fourth-order valence-corrected chi connectivity index (χ4v) is 13.7. The molecule has 6 atom stereocenters. The van der Waals surface area contributed by atoms with Crippen molar-refractivity contribution in [2.24, 2.45) is 11.8 Å². The van der Waals surface area contributed by atoms with Gasteiger partial charge in [-0.15, -0.1) is 0 Å². The highest BCUT2D eigenvalue weighted by molar-refractivity contribution is 7.47. The van der Waals surface area contributed by atoms with Crippen LogP contribution in [0.4, 0.5) is 0 Å². The summed E-state index contributed by atoms with van der Waals surface area (Å²) >= 11 is 0. The molecule has 0 fully saturated rings. The van der Waals surface area contributed by atoms with Crippen molar-refractivity contribution in [2.75, 3.05) is 39.6 Å². The monoisotopic (exact) mass is 1440 g/mol. The number of hydrogen-bond donors (Lipinski definition) is 3. The van der Waals surface area contributed by atoms with Gasteiger partial charge in [0.2, 0.25) is 0 Å². The average molecular weight is 1440 g/mol. The second kappa shape index (κ2) is 70.7. The van der Waals surface area contributed by atoms with E-state index < -0.39 is 97.5 Å². The Kier molecular flexibility index (Phi) is 69.3. The van der Waals surface area contributed by atoms with E-state index in [4.69, 9.17) is 37.0 Å². The van der Waals surface area contributed by atoms with Gasteiger partial charge in [-0.3, -0.25) is 37.3 Å². The van der Waals surface area contributed by atoms with Crippen LogP contribution in [0, 0.1) is 11.8 Å². The van der Waals surface area contributed by atoms with Crippen molar-refractivity contribution >= 4 is 39.5 Å². The van der Waals surface area contributed by atoms with Gasteiger partial charge in [-0.2, -0.15) is 0 Å². The lowest BCUT2D eigenvalue weighted by Crippen LogP contribution is -2.30. The third-order valence-corrected chi connectivity index (χ3v) is 20.7. The van der Waals surface area contributed by atoms with Crippen molar-refractivity contribution in [2.45, 2.75) is 432 Å². The fourth-order valence-electron chi connectivity index (χ4n) is 12.2. The molecular formula is C79H154O17P2. The van der Waals surface area contributed by atoms with Crippen LogP contribution >= 0.6 is 15.6 Å². The third kappa shape index (κ3) is 71.1. The van der Waals surface area contributed by atoms with E-state index in [1.165, 1.54) is 225 Å². The number of carbonyl (C=O) groups is 4. The highest BCUT2D eigenvalue weighted by atomic mass is 31.2. The van der Waals surface area contributed by atoms with Crippen LogP contribution in [0.5, 0.6) is 0 Å². The van der Waals surface area contributed by atoms with Crippen molar-refractivity contribution in [1.82, 2.24) is 0 Å². The van der Waals surface area contributed by atoms with Crippen LogP contribution in [0.2, 0.25) is 0 Å². The quantitative estimate of drug-likeness (QED) is 0.0222. The summed E-state index contributed by atoms with van der Waals surface area (Å²) in [4.78, 5) is 72.9. The summed E-state index contributed by atoms with van der Waals surface area (Å²) in [5.41, 5.74) is 0. The van der Waals surface area contributed by atoms with Gasteiger partial charge in [0.15, 0.2) is 12.2 Å². The molecule has 0 aliphatic heterocycles. The summed E-state index contributed by atoms with van der Waals surface area (Å²) in [7, 11) is -9.91. The van der Waals surface area contributed by atoms with Gasteiger partial charge in [-0.1, -0.05) is 363 Å². The van der Waals surface area contributed by atoms with Crippen LogP contribution in [-0.4, -0.2) is 96.7 Å². The molecule has 0 radical (unpaired) electrons. The lowest BCUT2D eigenvalue weighted by molar-refractivity contribution is -0.161. The Morgan fingerprint density at radius 1 is 0.296 bits per heavy atom. The zero-order valence-corrected chi connectivity index (χ0v) is 65.9. The van der Waals surface area contributed by atoms with Gasteiger partial charge in [0.05, 0.1) is 26.4 Å². The molecule has 582 valence electrons. The minimum absolute atomic E-state index is 0.107. The molecule has 0 bridgehead atoms. The highest BCUT2D eigenvalue weighted by Crippen LogP contribution is 2.45. The van der Waals surface area contributed by atoms with Crippen LogP contribution < -0.4 is 0 Å². The topological polar surface area (TPSA) is 237 Å². The van der Waals surface area contributed by atoms with Crippen molar-refractivity contribution in [3.05, 3.63) is 0 Å². The number of carbonyl (C=O) groups excluding carboxylic acids is 4. The minimum atomic E-state index is -4.96. The van der Waals surface area contributed by atoms with Crippen molar-refractivity contribution in [3.63, 3.8) is 0 Å². The summed E-state index contributed by atoms with van der Waals surface area (Å²) in [6.45, 7) is 9.57. The van der Waals surface area contributed by atoms with E-state index in [2.05, 4.69) is 41.5 Å². The molecule has 3 N–H and O–H groups in total. The number of hydrogen-bond acceptors (Lipinski definition) is 15. The molecule has 0 aromatic rings. The van der Waals surface area contributed by atoms with Gasteiger partial charge in [0, 0.05) is 25.7 Å². The van der Waals surface area contributed by atoms with Gasteiger partial charge in [0.25, 0.3) is 0 Å². The van der Waals surface area contributed by atoms with Gasteiger partial charge in [-0.05, 0) is 37.5 Å². The zero-order valence-electron chi connectivity index (χ0n) is 64.1. The molecular weight excluding hydrogens is 1280 g/mol. The number of rotatable bonds is 78. The molecule has 0 saturated heterocycles. The summed E-state index contributed by atoms with van der Waals surface area (Å²) in [5, 5.41) is 10.6. The average Bonchev–Trinajstić information content (AvgIpc) is 1.38. The summed E-state index contributed by atoms with van der Waals surface area (Å²) in [6, 6.07) is 0. The Morgan fingerprint density at radius 2 is 0.520 bits per heavy atom. The van der Waals surface area contributed by atoms with E-state index in [0.717, 1.165) is 108 Å². The summed E-state index contributed by atoms with van der Waals surface area (Å²) < 4.78 is 68.6. The number of phosphoric acid groups is 2. The lowest BCUT2D eigenvalue weighted by atomic mass is 10.00. The normalized spacial score (nSPS) is 14.2. The number of aliphatic hydroxyl groups excluding tert-OH is 1. The molecule has 0 amide bonds. The van der Waals surface area contributed by atoms with Crippen LogP contribution in [0.15, 0.2) is 0 Å². The van der Waals surface area contributed by atoms with E-state index in [1.807, 2.05) is 0 Å². The Bertz CT molecular complexity index is 1890. The molecule has 0 aromatic carbocycles. The van der Waals surface area contributed by atoms with Gasteiger partial charge < -0.3 is 33.8 Å². The van der Waals surface area contributed by atoms with E-state index >= 15 is 0 Å². The first-order valence-electron chi connectivity index (χ1n) is 41.0. The molecule has 19 heteroatoms. The molecule has 0 aliphatic carbocycles. The minimum Gasteiger partial charge on any atom is -0.462 e. The molecule has 3 unspecified atom stereocenters. The Labute approximate surface area is 600 Å². The van der Waals surface area contributed by atoms with Gasteiger partial charge in [0.1, 0.15) is 19.3 Å². The van der Waals surface area contributed by atoms with E-state index in [9.17, 15) is 43.2 Å². The number of aliphatic hydroxyl groups is 1. The second-order valence-electron chi connectivity index (χ2n) is 29.2. The van der Waals surface area contributed by atoms with Crippen molar-refractivity contribution < 1.29 is 80.2 Å². The first-order chi connectivity index (χ1) is 47.4. The summed E-state index contributed by atoms with van der Waals surface area (Å²) in [6.07, 6.45) is 59.8. The van der Waals surface area contributed by atoms with Gasteiger partial charge >= 0.3 is 39.5 Å². The molecule has 0 aliphatic rings. The van der Waals surface area contributed by atoms with E-state index in [0.29, 0.717) is 25.7 Å². The molecule has 0 spiro atoms. The maximum Gasteiger partial charge on any atom is 0.472 e. The summed E-state index contributed by atoms with van der Waals surface area (Å²) in [5.74, 6) is -0.612. The van der Waals surface area contributed by atoms with Crippen molar-refractivity contribution in [3.8, 4) is 0 Å². The zero-order chi connectivity index (χ0) is 72.1. The van der Waals surface area contributed by atoms with Crippen LogP contribution in [-0.2, 0) is 65.4 Å². The van der Waals surface area contributed by atoms with Crippen LogP contribution in [0.1, 0.15) is 414 Å². The fraction of sp³-hybridized carbons (Fsp3) is 0.949. The van der Waals surface area contributed by atoms with Crippen LogP contribution in [0.25, 0.3) is 0 Å². The number of esters is 4. The first kappa shape index (κ1) is 96.1. The van der Waals surface area contributed by atoms with Gasteiger partial charge in [-0.25, -0.2) is 9.13 Å². The predicted molar refractivity (Wildman–Crippen MR) is 400 cm³/mol. The Balaban J connectivity index is 5.20. The number of unbranched alkanes of at least 4 members (excludes halogenated alkanes) is 47. The number of ether oxygens (including phenoxy) is 4. The van der Waals surface area contributed by atoms with E-state index in [1.54, 1.807) is 0 Å². The molecule has 0 heterocycles. The largest absolute Gasteiger partial charge is 0.472 e. The molecule has 17 nitrogen and oxygen atoms in total. The SMILES string of the molecule is CCCCCCCCCCCCCCCCCCCCCCCCC(=O)O[C@H](COC(=O)CCCCCCCCCCCCCC(C)C)COP(=O)(O)OC[C@@H](O)COP(=O)(O)OC[C@@H](COC(=O)CCCCCCCCC(C)CC)OC(=O)CCCCCCCCCCCCCC. The molecule has 0 aromatic heterocycles.